The van der Waals surface area contributed by atoms with Crippen LogP contribution in [-0.2, 0) is 0 Å². The molecule has 1 aromatic heterocycles. The third-order valence-electron chi connectivity index (χ3n) is 1.36. The van der Waals surface area contributed by atoms with Crippen LogP contribution in [0.3, 0.4) is 0 Å². The van der Waals surface area contributed by atoms with Crippen LogP contribution >= 0.6 is 0 Å². The Balaban J connectivity index is 3.17. The minimum Gasteiger partial charge on any atom is -0.478 e. The van der Waals surface area contributed by atoms with Crippen molar-refractivity contribution in [2.75, 3.05) is 0 Å². The molecule has 5 nitrogen and oxygen atoms in total. The highest BCUT2D eigenvalue weighted by Gasteiger charge is 2.19. The maximum absolute atomic E-state index is 10.5. The van der Waals surface area contributed by atoms with Gasteiger partial charge in [-0.25, -0.2) is 4.79 Å². The van der Waals surface area contributed by atoms with Crippen LogP contribution in [0, 0.1) is 0 Å². The van der Waals surface area contributed by atoms with Gasteiger partial charge < -0.3 is 15.2 Å². The molecular formula is C6H6BNO4. The molecule has 0 aliphatic carbocycles. The molecule has 0 spiro atoms. The van der Waals surface area contributed by atoms with Crippen molar-refractivity contribution in [3.05, 3.63) is 24.0 Å². The molecule has 0 aromatic carbocycles. The van der Waals surface area contributed by atoms with Crippen LogP contribution in [0.25, 0.3) is 0 Å². The van der Waals surface area contributed by atoms with Gasteiger partial charge in [-0.15, -0.1) is 0 Å². The van der Waals surface area contributed by atoms with Gasteiger partial charge in [0.1, 0.15) is 0 Å². The van der Waals surface area contributed by atoms with Crippen molar-refractivity contribution in [3.8, 4) is 0 Å². The summed E-state index contributed by atoms with van der Waals surface area (Å²) in [5, 5.41) is 26.0. The summed E-state index contributed by atoms with van der Waals surface area (Å²) in [6.45, 7) is 0. The van der Waals surface area contributed by atoms with E-state index in [-0.39, 0.29) is 11.0 Å². The van der Waals surface area contributed by atoms with Crippen LogP contribution in [0.1, 0.15) is 10.4 Å². The maximum atomic E-state index is 10.5. The number of nitrogens with zero attached hydrogens (tertiary/aromatic N) is 1. The summed E-state index contributed by atoms with van der Waals surface area (Å²) < 4.78 is 0. The average Bonchev–Trinajstić information content (AvgIpc) is 2.04. The number of rotatable bonds is 2. The summed E-state index contributed by atoms with van der Waals surface area (Å²) in [6.07, 6.45) is 2.36. The van der Waals surface area contributed by atoms with E-state index in [4.69, 9.17) is 15.2 Å². The van der Waals surface area contributed by atoms with Crippen molar-refractivity contribution in [3.63, 3.8) is 0 Å². The summed E-state index contributed by atoms with van der Waals surface area (Å²) in [5.41, 5.74) is -0.259. The lowest BCUT2D eigenvalue weighted by Crippen LogP contribution is -2.34. The second kappa shape index (κ2) is 3.33. The Kier molecular flexibility index (Phi) is 2.42. The number of carboxylic acid groups (broad SMARTS) is 1. The fraction of sp³-hybridized carbons (Fsp3) is 0. The molecule has 0 fully saturated rings. The number of pyridine rings is 1. The largest absolute Gasteiger partial charge is 0.489 e. The van der Waals surface area contributed by atoms with Crippen molar-refractivity contribution in [1.82, 2.24) is 4.98 Å². The Bertz CT molecular complexity index is 301. The number of hydrogen-bond donors (Lipinski definition) is 3. The SMILES string of the molecule is O=C(O)c1cnccc1B(O)O. The molecule has 0 aliphatic heterocycles. The molecule has 0 atom stereocenters. The third kappa shape index (κ3) is 1.61. The van der Waals surface area contributed by atoms with Gasteiger partial charge in [0.15, 0.2) is 0 Å². The average molecular weight is 167 g/mol. The van der Waals surface area contributed by atoms with Gasteiger partial charge in [0, 0.05) is 12.4 Å². The second-order valence-electron chi connectivity index (χ2n) is 2.14. The van der Waals surface area contributed by atoms with Gasteiger partial charge >= 0.3 is 13.1 Å². The molecule has 0 saturated heterocycles. The van der Waals surface area contributed by atoms with Crippen molar-refractivity contribution in [2.24, 2.45) is 0 Å². The fourth-order valence-corrected chi connectivity index (χ4v) is 0.809. The highest BCUT2D eigenvalue weighted by molar-refractivity contribution is 6.60. The summed E-state index contributed by atoms with van der Waals surface area (Å²) in [5.74, 6) is -1.23. The molecule has 1 aromatic rings. The van der Waals surface area contributed by atoms with Gasteiger partial charge in [0.2, 0.25) is 0 Å². The molecular weight excluding hydrogens is 161 g/mol. The van der Waals surface area contributed by atoms with Crippen molar-refractivity contribution >= 4 is 18.6 Å². The summed E-state index contributed by atoms with van der Waals surface area (Å²) in [6, 6.07) is 1.24. The van der Waals surface area contributed by atoms with Crippen LogP contribution in [0.4, 0.5) is 0 Å². The lowest BCUT2D eigenvalue weighted by Gasteiger charge is -2.01. The van der Waals surface area contributed by atoms with Crippen molar-refractivity contribution in [2.45, 2.75) is 0 Å². The van der Waals surface area contributed by atoms with E-state index in [1.54, 1.807) is 0 Å². The van der Waals surface area contributed by atoms with E-state index in [9.17, 15) is 4.79 Å². The van der Waals surface area contributed by atoms with Crippen molar-refractivity contribution in [1.29, 1.82) is 0 Å². The predicted octanol–water partition coefficient (Wildman–Crippen LogP) is -1.54. The Morgan fingerprint density at radius 2 is 2.17 bits per heavy atom. The van der Waals surface area contributed by atoms with Gasteiger partial charge in [-0.1, -0.05) is 0 Å². The lowest BCUT2D eigenvalue weighted by molar-refractivity contribution is 0.0697. The molecule has 62 valence electrons. The van der Waals surface area contributed by atoms with Crippen molar-refractivity contribution < 1.29 is 19.9 Å². The number of aromatic nitrogens is 1. The smallest absolute Gasteiger partial charge is 0.478 e. The number of carbonyl (C=O) groups is 1. The topological polar surface area (TPSA) is 90.7 Å². The Labute approximate surface area is 68.5 Å². The zero-order valence-corrected chi connectivity index (χ0v) is 6.01. The molecule has 0 amide bonds. The molecule has 0 aliphatic rings. The first-order chi connectivity index (χ1) is 5.63. The maximum Gasteiger partial charge on any atom is 0.489 e. The first-order valence-electron chi connectivity index (χ1n) is 3.16. The minimum atomic E-state index is -1.78. The van der Waals surface area contributed by atoms with E-state index >= 15 is 0 Å². The van der Waals surface area contributed by atoms with Crippen LogP contribution in [0.2, 0.25) is 0 Å². The van der Waals surface area contributed by atoms with E-state index in [1.165, 1.54) is 12.3 Å². The number of carboxylic acids is 1. The molecule has 3 N–H and O–H groups in total. The molecule has 1 rings (SSSR count). The molecule has 12 heavy (non-hydrogen) atoms. The predicted molar refractivity (Wildman–Crippen MR) is 41.0 cm³/mol. The Morgan fingerprint density at radius 1 is 1.50 bits per heavy atom. The Hall–Kier alpha value is -1.40. The third-order valence-corrected chi connectivity index (χ3v) is 1.36. The summed E-state index contributed by atoms with van der Waals surface area (Å²) >= 11 is 0. The van der Waals surface area contributed by atoms with Gasteiger partial charge in [0.25, 0.3) is 0 Å². The quantitative estimate of drug-likeness (QED) is 0.464. The van der Waals surface area contributed by atoms with Gasteiger partial charge in [-0.3, -0.25) is 4.98 Å². The first kappa shape index (κ1) is 8.70. The minimum absolute atomic E-state index is 0.0579. The molecule has 0 unspecified atom stereocenters. The van der Waals surface area contributed by atoms with E-state index in [2.05, 4.69) is 4.98 Å². The van der Waals surface area contributed by atoms with E-state index < -0.39 is 13.1 Å². The second-order valence-corrected chi connectivity index (χ2v) is 2.14. The Morgan fingerprint density at radius 3 is 2.58 bits per heavy atom. The summed E-state index contributed by atoms with van der Waals surface area (Å²) in [4.78, 5) is 14.0. The highest BCUT2D eigenvalue weighted by atomic mass is 16.4. The molecule has 0 radical (unpaired) electrons. The van der Waals surface area contributed by atoms with Crippen LogP contribution in [0.15, 0.2) is 18.5 Å². The van der Waals surface area contributed by atoms with Crippen LogP contribution < -0.4 is 5.46 Å². The van der Waals surface area contributed by atoms with Gasteiger partial charge in [-0.2, -0.15) is 0 Å². The molecule has 0 saturated carbocycles. The van der Waals surface area contributed by atoms with E-state index in [0.29, 0.717) is 0 Å². The van der Waals surface area contributed by atoms with E-state index in [0.717, 1.165) is 6.20 Å². The highest BCUT2D eigenvalue weighted by Crippen LogP contribution is 1.93. The zero-order valence-electron chi connectivity index (χ0n) is 6.01. The lowest BCUT2D eigenvalue weighted by atomic mass is 9.78. The number of hydrogen-bond acceptors (Lipinski definition) is 4. The normalized spacial score (nSPS) is 9.50. The zero-order chi connectivity index (χ0) is 9.14. The summed E-state index contributed by atoms with van der Waals surface area (Å²) in [7, 11) is -1.78. The molecule has 0 bridgehead atoms. The monoisotopic (exact) mass is 167 g/mol. The fourth-order valence-electron chi connectivity index (χ4n) is 0.809. The number of aromatic carboxylic acids is 1. The van der Waals surface area contributed by atoms with Gasteiger partial charge in [-0.05, 0) is 11.5 Å². The molecule has 1 heterocycles. The first-order valence-corrected chi connectivity index (χ1v) is 3.16. The van der Waals surface area contributed by atoms with E-state index in [1.807, 2.05) is 0 Å². The molecule has 6 heteroatoms. The van der Waals surface area contributed by atoms with Crippen LogP contribution in [-0.4, -0.2) is 33.2 Å². The van der Waals surface area contributed by atoms with Gasteiger partial charge in [0.05, 0.1) is 5.56 Å². The standard InChI is InChI=1S/C6H6BNO4/c9-6(10)4-3-8-2-1-5(4)7(11)12/h1-3,11-12H,(H,9,10). The van der Waals surface area contributed by atoms with Crippen LogP contribution in [0.5, 0.6) is 0 Å².